The van der Waals surface area contributed by atoms with Crippen molar-refractivity contribution in [2.75, 3.05) is 0 Å². The molecule has 2 rings (SSSR count). The van der Waals surface area contributed by atoms with Gasteiger partial charge in [-0.15, -0.1) is 0 Å². The molecule has 0 saturated carbocycles. The van der Waals surface area contributed by atoms with Gasteiger partial charge >= 0.3 is 11.9 Å². The fourth-order valence-electron chi connectivity index (χ4n) is 1.92. The molecule has 2 aromatic carbocycles. The lowest BCUT2D eigenvalue weighted by Gasteiger charge is -2.05. The average molecular weight is 365 g/mol. The SMILES string of the molecule is NC(Cc1ccc(Cl)cc1)C(=O)O.NC(Cc1ccccc1)C(=O)O. The molecule has 2 atom stereocenters. The Morgan fingerprint density at radius 1 is 0.800 bits per heavy atom. The zero-order valence-electron chi connectivity index (χ0n) is 13.5. The van der Waals surface area contributed by atoms with Gasteiger partial charge in [0.25, 0.3) is 0 Å². The average Bonchev–Trinajstić information content (AvgIpc) is 2.58. The number of carboxylic acid groups (broad SMARTS) is 2. The van der Waals surface area contributed by atoms with E-state index in [4.69, 9.17) is 33.3 Å². The molecular weight excluding hydrogens is 344 g/mol. The molecule has 0 aliphatic carbocycles. The fourth-order valence-corrected chi connectivity index (χ4v) is 2.04. The molecule has 7 heteroatoms. The lowest BCUT2D eigenvalue weighted by Crippen LogP contribution is -2.32. The maximum atomic E-state index is 10.4. The van der Waals surface area contributed by atoms with E-state index in [0.29, 0.717) is 17.9 Å². The molecule has 0 aliphatic rings. The van der Waals surface area contributed by atoms with Gasteiger partial charge in [-0.3, -0.25) is 9.59 Å². The summed E-state index contributed by atoms with van der Waals surface area (Å²) in [5, 5.41) is 17.7. The normalized spacial score (nSPS) is 12.4. The lowest BCUT2D eigenvalue weighted by atomic mass is 10.1. The second-order valence-corrected chi connectivity index (χ2v) is 5.85. The summed E-state index contributed by atoms with van der Waals surface area (Å²) >= 11 is 5.66. The van der Waals surface area contributed by atoms with Crippen molar-refractivity contribution in [3.05, 3.63) is 70.7 Å². The number of rotatable bonds is 6. The van der Waals surface area contributed by atoms with Crippen molar-refractivity contribution in [2.45, 2.75) is 24.9 Å². The topological polar surface area (TPSA) is 127 Å². The lowest BCUT2D eigenvalue weighted by molar-refractivity contribution is -0.139. The number of hydrogen-bond donors (Lipinski definition) is 4. The van der Waals surface area contributed by atoms with E-state index in [2.05, 4.69) is 0 Å². The van der Waals surface area contributed by atoms with E-state index in [1.807, 2.05) is 30.3 Å². The minimum atomic E-state index is -0.991. The van der Waals surface area contributed by atoms with Crippen LogP contribution >= 0.6 is 11.6 Å². The first-order valence-corrected chi connectivity index (χ1v) is 7.92. The van der Waals surface area contributed by atoms with Crippen LogP contribution in [0.1, 0.15) is 11.1 Å². The summed E-state index contributed by atoms with van der Waals surface area (Å²) in [4.78, 5) is 20.8. The highest BCUT2D eigenvalue weighted by molar-refractivity contribution is 6.30. The predicted molar refractivity (Wildman–Crippen MR) is 96.5 cm³/mol. The molecule has 0 radical (unpaired) electrons. The molecule has 0 fully saturated rings. The molecule has 6 nitrogen and oxygen atoms in total. The molecule has 0 amide bonds. The molecule has 0 aliphatic heterocycles. The first kappa shape index (κ1) is 20.6. The number of hydrogen-bond acceptors (Lipinski definition) is 4. The van der Waals surface area contributed by atoms with Crippen molar-refractivity contribution >= 4 is 23.5 Å². The summed E-state index contributed by atoms with van der Waals surface area (Å²) in [5.74, 6) is -1.95. The Kier molecular flexibility index (Phi) is 8.63. The minimum Gasteiger partial charge on any atom is -0.480 e. The largest absolute Gasteiger partial charge is 0.480 e. The van der Waals surface area contributed by atoms with Gasteiger partial charge in [-0.05, 0) is 36.1 Å². The molecule has 2 aromatic rings. The summed E-state index contributed by atoms with van der Waals surface area (Å²) in [6.07, 6.45) is 0.711. The van der Waals surface area contributed by atoms with Crippen LogP contribution in [-0.4, -0.2) is 34.2 Å². The maximum Gasteiger partial charge on any atom is 0.320 e. The molecule has 25 heavy (non-hydrogen) atoms. The van der Waals surface area contributed by atoms with Crippen LogP contribution in [0, 0.1) is 0 Å². The smallest absolute Gasteiger partial charge is 0.320 e. The zero-order chi connectivity index (χ0) is 18.8. The molecule has 2 unspecified atom stereocenters. The third-order valence-electron chi connectivity index (χ3n) is 3.30. The van der Waals surface area contributed by atoms with E-state index in [1.54, 1.807) is 24.3 Å². The second-order valence-electron chi connectivity index (χ2n) is 5.41. The van der Waals surface area contributed by atoms with E-state index in [-0.39, 0.29) is 0 Å². The standard InChI is InChI=1S/C9H10ClNO2.C9H11NO2/c10-7-3-1-6(2-4-7)5-8(11)9(12)13;10-8(9(11)12)6-7-4-2-1-3-5-7/h1-4,8H,5,11H2,(H,12,13);1-5,8H,6,10H2,(H,11,12). The minimum absolute atomic E-state index is 0.326. The molecule has 0 aromatic heterocycles. The number of aliphatic carboxylic acids is 2. The second kappa shape index (κ2) is 10.5. The quantitative estimate of drug-likeness (QED) is 0.620. The highest BCUT2D eigenvalue weighted by Gasteiger charge is 2.11. The Hall–Kier alpha value is -2.41. The van der Waals surface area contributed by atoms with Gasteiger partial charge in [-0.2, -0.15) is 0 Å². The van der Waals surface area contributed by atoms with Gasteiger partial charge in [-0.25, -0.2) is 0 Å². The monoisotopic (exact) mass is 364 g/mol. The summed E-state index contributed by atoms with van der Waals surface area (Å²) in [6, 6.07) is 14.7. The fraction of sp³-hybridized carbons (Fsp3) is 0.222. The Balaban J connectivity index is 0.000000251. The molecule has 0 spiro atoms. The van der Waals surface area contributed by atoms with Crippen LogP contribution in [0.15, 0.2) is 54.6 Å². The number of carbonyl (C=O) groups is 2. The van der Waals surface area contributed by atoms with Gasteiger partial charge in [0, 0.05) is 5.02 Å². The van der Waals surface area contributed by atoms with Crippen LogP contribution in [0.4, 0.5) is 0 Å². The highest BCUT2D eigenvalue weighted by Crippen LogP contribution is 2.10. The van der Waals surface area contributed by atoms with Gasteiger partial charge < -0.3 is 21.7 Å². The molecule has 6 N–H and O–H groups in total. The third-order valence-corrected chi connectivity index (χ3v) is 3.55. The van der Waals surface area contributed by atoms with Gasteiger partial charge in [0.2, 0.25) is 0 Å². The molecule has 0 bridgehead atoms. The summed E-state index contributed by atoms with van der Waals surface area (Å²) in [6.45, 7) is 0. The van der Waals surface area contributed by atoms with Crippen molar-refractivity contribution in [2.24, 2.45) is 11.5 Å². The molecule has 0 heterocycles. The Bertz CT molecular complexity index is 677. The Labute approximate surface area is 151 Å². The first-order chi connectivity index (χ1) is 11.8. The van der Waals surface area contributed by atoms with Crippen molar-refractivity contribution in [1.82, 2.24) is 0 Å². The molecule has 0 saturated heterocycles. The van der Waals surface area contributed by atoms with E-state index in [9.17, 15) is 9.59 Å². The first-order valence-electron chi connectivity index (χ1n) is 7.54. The summed E-state index contributed by atoms with van der Waals surface area (Å²) < 4.78 is 0. The third kappa shape index (κ3) is 8.30. The van der Waals surface area contributed by atoms with Crippen LogP contribution in [0.2, 0.25) is 5.02 Å². The van der Waals surface area contributed by atoms with Gasteiger partial charge in [0.15, 0.2) is 0 Å². The van der Waals surface area contributed by atoms with Crippen molar-refractivity contribution in [3.63, 3.8) is 0 Å². The maximum absolute atomic E-state index is 10.4. The van der Waals surface area contributed by atoms with Crippen LogP contribution in [0.3, 0.4) is 0 Å². The van der Waals surface area contributed by atoms with Gasteiger partial charge in [0.05, 0.1) is 0 Å². The number of halogens is 1. The van der Waals surface area contributed by atoms with Gasteiger partial charge in [0.1, 0.15) is 12.1 Å². The van der Waals surface area contributed by atoms with Crippen LogP contribution in [0.25, 0.3) is 0 Å². The number of benzene rings is 2. The predicted octanol–water partition coefficient (Wildman–Crippen LogP) is 1.94. The number of nitrogens with two attached hydrogens (primary N) is 2. The van der Waals surface area contributed by atoms with Gasteiger partial charge in [-0.1, -0.05) is 54.1 Å². The highest BCUT2D eigenvalue weighted by atomic mass is 35.5. The van der Waals surface area contributed by atoms with E-state index >= 15 is 0 Å². The van der Waals surface area contributed by atoms with Crippen molar-refractivity contribution in [1.29, 1.82) is 0 Å². The van der Waals surface area contributed by atoms with E-state index in [0.717, 1.165) is 11.1 Å². The van der Waals surface area contributed by atoms with E-state index in [1.165, 1.54) is 0 Å². The summed E-state index contributed by atoms with van der Waals surface area (Å²) in [5.41, 5.74) is 12.5. The zero-order valence-corrected chi connectivity index (χ0v) is 14.3. The van der Waals surface area contributed by atoms with Crippen molar-refractivity contribution < 1.29 is 19.8 Å². The number of carboxylic acids is 2. The van der Waals surface area contributed by atoms with E-state index < -0.39 is 24.0 Å². The van der Waals surface area contributed by atoms with Crippen LogP contribution in [-0.2, 0) is 22.4 Å². The Morgan fingerprint density at radius 3 is 1.60 bits per heavy atom. The Morgan fingerprint density at radius 2 is 1.20 bits per heavy atom. The van der Waals surface area contributed by atoms with Crippen molar-refractivity contribution in [3.8, 4) is 0 Å². The molecular formula is C18H21ClN2O4. The summed E-state index contributed by atoms with van der Waals surface area (Å²) in [7, 11) is 0. The molecule has 134 valence electrons. The van der Waals surface area contributed by atoms with Crippen LogP contribution < -0.4 is 11.5 Å². The van der Waals surface area contributed by atoms with Crippen LogP contribution in [0.5, 0.6) is 0 Å².